The van der Waals surface area contributed by atoms with Gasteiger partial charge in [0.1, 0.15) is 4.90 Å². The number of hydrogen-bond donors (Lipinski definition) is 3. The number of hydrogen-bond acceptors (Lipinski definition) is 6. The Morgan fingerprint density at radius 3 is 2.67 bits per heavy atom. The molecule has 102 valence electrons. The maximum atomic E-state index is 12.4. The van der Waals surface area contributed by atoms with E-state index in [4.69, 9.17) is 5.84 Å². The zero-order chi connectivity index (χ0) is 14.0. The first-order valence-electron chi connectivity index (χ1n) is 5.28. The van der Waals surface area contributed by atoms with Crippen LogP contribution in [0.15, 0.2) is 23.4 Å². The fraction of sp³-hybridized carbons (Fsp3) is 0.500. The monoisotopic (exact) mass is 274 g/mol. The van der Waals surface area contributed by atoms with Gasteiger partial charge in [-0.25, -0.2) is 8.42 Å². The third kappa shape index (κ3) is 2.61. The minimum atomic E-state index is -3.78. The first-order valence-corrected chi connectivity index (χ1v) is 6.72. The normalized spacial score (nSPS) is 12.8. The molecular weight excluding hydrogens is 256 g/mol. The summed E-state index contributed by atoms with van der Waals surface area (Å²) in [5, 5.41) is 9.24. The van der Waals surface area contributed by atoms with Crippen LogP contribution in [0.3, 0.4) is 0 Å². The quantitative estimate of drug-likeness (QED) is 0.505. The van der Waals surface area contributed by atoms with Crippen molar-refractivity contribution in [2.24, 2.45) is 5.84 Å². The third-order valence-corrected chi connectivity index (χ3v) is 4.91. The number of nitrogens with two attached hydrogens (primary N) is 1. The maximum Gasteiger partial charge on any atom is 0.247 e. The second kappa shape index (κ2) is 5.19. The summed E-state index contributed by atoms with van der Waals surface area (Å²) in [5.74, 6) is 5.28. The van der Waals surface area contributed by atoms with E-state index in [1.54, 1.807) is 13.8 Å². The van der Waals surface area contributed by atoms with Crippen molar-refractivity contribution in [3.05, 3.63) is 18.5 Å². The van der Waals surface area contributed by atoms with Gasteiger partial charge in [0.05, 0.1) is 17.8 Å². The molecule has 0 saturated heterocycles. The van der Waals surface area contributed by atoms with E-state index >= 15 is 0 Å². The average Bonchev–Trinajstić information content (AvgIpc) is 2.37. The third-order valence-electron chi connectivity index (χ3n) is 2.82. The summed E-state index contributed by atoms with van der Waals surface area (Å²) >= 11 is 0. The summed E-state index contributed by atoms with van der Waals surface area (Å²) in [6, 6.07) is 1.46. The average molecular weight is 274 g/mol. The molecule has 4 N–H and O–H groups in total. The van der Waals surface area contributed by atoms with E-state index < -0.39 is 15.6 Å². The van der Waals surface area contributed by atoms with Gasteiger partial charge in [-0.05, 0) is 19.9 Å². The van der Waals surface area contributed by atoms with Crippen LogP contribution < -0.4 is 11.3 Å². The molecule has 7 nitrogen and oxygen atoms in total. The molecule has 0 aliphatic carbocycles. The Balaban J connectivity index is 3.30. The van der Waals surface area contributed by atoms with Crippen LogP contribution in [0.2, 0.25) is 0 Å². The fourth-order valence-electron chi connectivity index (χ4n) is 1.28. The van der Waals surface area contributed by atoms with Crippen LogP contribution >= 0.6 is 0 Å². The Morgan fingerprint density at radius 2 is 2.17 bits per heavy atom. The number of aliphatic hydroxyl groups is 1. The van der Waals surface area contributed by atoms with E-state index in [-0.39, 0.29) is 17.2 Å². The van der Waals surface area contributed by atoms with Crippen molar-refractivity contribution < 1.29 is 13.5 Å². The molecule has 1 heterocycles. The Hall–Kier alpha value is -1.22. The van der Waals surface area contributed by atoms with Crippen LogP contribution in [0.25, 0.3) is 0 Å². The number of aromatic nitrogens is 1. The molecule has 0 fully saturated rings. The first kappa shape index (κ1) is 14.8. The first-order chi connectivity index (χ1) is 8.27. The van der Waals surface area contributed by atoms with Gasteiger partial charge < -0.3 is 10.5 Å². The lowest BCUT2D eigenvalue weighted by molar-refractivity contribution is 0.138. The van der Waals surface area contributed by atoms with Crippen molar-refractivity contribution in [1.82, 2.24) is 9.29 Å². The van der Waals surface area contributed by atoms with Crippen molar-refractivity contribution in [1.29, 1.82) is 0 Å². The van der Waals surface area contributed by atoms with Crippen LogP contribution in [-0.4, -0.2) is 42.0 Å². The molecule has 0 spiro atoms. The number of sulfonamides is 1. The van der Waals surface area contributed by atoms with Gasteiger partial charge in [0.25, 0.3) is 0 Å². The molecule has 0 saturated carbocycles. The summed E-state index contributed by atoms with van der Waals surface area (Å²) in [6.07, 6.45) is 2.65. The summed E-state index contributed by atoms with van der Waals surface area (Å²) in [5.41, 5.74) is 1.66. The molecule has 18 heavy (non-hydrogen) atoms. The van der Waals surface area contributed by atoms with Gasteiger partial charge in [-0.15, -0.1) is 0 Å². The lowest BCUT2D eigenvalue weighted by Gasteiger charge is -2.33. The molecule has 0 aliphatic heterocycles. The number of nitrogen functional groups attached to an aromatic ring is 1. The summed E-state index contributed by atoms with van der Waals surface area (Å²) in [7, 11) is -2.38. The number of nitrogens with one attached hydrogen (secondary N) is 1. The molecule has 0 amide bonds. The van der Waals surface area contributed by atoms with Gasteiger partial charge in [0.2, 0.25) is 10.0 Å². The van der Waals surface area contributed by atoms with Gasteiger partial charge in [-0.1, -0.05) is 0 Å². The zero-order valence-electron chi connectivity index (χ0n) is 10.6. The van der Waals surface area contributed by atoms with E-state index in [2.05, 4.69) is 10.4 Å². The minimum absolute atomic E-state index is 0.0310. The number of nitrogens with zero attached hydrogens (tertiary/aromatic N) is 2. The molecule has 0 aromatic carbocycles. The van der Waals surface area contributed by atoms with Crippen molar-refractivity contribution >= 4 is 15.7 Å². The van der Waals surface area contributed by atoms with Gasteiger partial charge in [0.15, 0.2) is 0 Å². The highest BCUT2D eigenvalue weighted by Crippen LogP contribution is 2.26. The van der Waals surface area contributed by atoms with E-state index in [0.717, 1.165) is 4.31 Å². The molecule has 0 atom stereocenters. The standard InChI is InChI=1S/C10H18N4O3S/c1-10(2,7-15)14(3)18(16,17)9-6-12-5-4-8(9)13-11/h4-6,15H,7,11H2,1-3H3,(H,12,13). The van der Waals surface area contributed by atoms with Crippen LogP contribution in [0.5, 0.6) is 0 Å². The molecule has 0 radical (unpaired) electrons. The van der Waals surface area contributed by atoms with Crippen LogP contribution in [0.4, 0.5) is 5.69 Å². The molecular formula is C10H18N4O3S. The fourth-order valence-corrected chi connectivity index (χ4v) is 2.88. The minimum Gasteiger partial charge on any atom is -0.394 e. The zero-order valence-corrected chi connectivity index (χ0v) is 11.4. The summed E-state index contributed by atoms with van der Waals surface area (Å²) in [6.45, 7) is 2.95. The van der Waals surface area contributed by atoms with Crippen LogP contribution in [0.1, 0.15) is 13.8 Å². The molecule has 1 rings (SSSR count). The Kier molecular flexibility index (Phi) is 4.28. The van der Waals surface area contributed by atoms with Crippen molar-refractivity contribution in [2.45, 2.75) is 24.3 Å². The molecule has 0 bridgehead atoms. The van der Waals surface area contributed by atoms with Gasteiger partial charge in [-0.3, -0.25) is 10.8 Å². The molecule has 8 heteroatoms. The van der Waals surface area contributed by atoms with Crippen molar-refractivity contribution in [3.8, 4) is 0 Å². The smallest absolute Gasteiger partial charge is 0.247 e. The predicted octanol–water partition coefficient (Wildman–Crippen LogP) is -0.241. The predicted molar refractivity (Wildman–Crippen MR) is 68.2 cm³/mol. The van der Waals surface area contributed by atoms with Gasteiger partial charge >= 0.3 is 0 Å². The molecule has 0 unspecified atom stereocenters. The van der Waals surface area contributed by atoms with Crippen molar-refractivity contribution in [2.75, 3.05) is 19.1 Å². The molecule has 1 aromatic heterocycles. The molecule has 0 aliphatic rings. The number of rotatable bonds is 5. The number of aliphatic hydroxyl groups excluding tert-OH is 1. The highest BCUT2D eigenvalue weighted by molar-refractivity contribution is 7.89. The lowest BCUT2D eigenvalue weighted by atomic mass is 10.1. The van der Waals surface area contributed by atoms with Crippen molar-refractivity contribution in [3.63, 3.8) is 0 Å². The van der Waals surface area contributed by atoms with Gasteiger partial charge in [-0.2, -0.15) is 4.31 Å². The second-order valence-electron chi connectivity index (χ2n) is 4.46. The Morgan fingerprint density at radius 1 is 1.56 bits per heavy atom. The molecule has 1 aromatic rings. The topological polar surface area (TPSA) is 109 Å². The van der Waals surface area contributed by atoms with E-state index in [0.29, 0.717) is 0 Å². The number of hydrazine groups is 1. The van der Waals surface area contributed by atoms with Gasteiger partial charge in [0, 0.05) is 19.4 Å². The largest absolute Gasteiger partial charge is 0.394 e. The number of anilines is 1. The Labute approximate surface area is 107 Å². The van der Waals surface area contributed by atoms with E-state index in [1.807, 2.05) is 0 Å². The lowest BCUT2D eigenvalue weighted by Crippen LogP contribution is -2.47. The van der Waals surface area contributed by atoms with Crippen LogP contribution in [-0.2, 0) is 10.0 Å². The number of likely N-dealkylation sites (N-methyl/N-ethyl adjacent to an activating group) is 1. The Bertz CT molecular complexity index is 516. The SMILES string of the molecule is CN(C(C)(C)CO)S(=O)(=O)c1cnccc1NN. The highest BCUT2D eigenvalue weighted by Gasteiger charge is 2.34. The second-order valence-corrected chi connectivity index (χ2v) is 6.40. The van der Waals surface area contributed by atoms with Crippen LogP contribution in [0, 0.1) is 0 Å². The summed E-state index contributed by atoms with van der Waals surface area (Å²) in [4.78, 5) is 3.75. The van der Waals surface area contributed by atoms with E-state index in [9.17, 15) is 13.5 Å². The summed E-state index contributed by atoms with van der Waals surface area (Å²) < 4.78 is 25.9. The van der Waals surface area contributed by atoms with E-state index in [1.165, 1.54) is 25.5 Å². The number of pyridine rings is 1. The maximum absolute atomic E-state index is 12.4. The highest BCUT2D eigenvalue weighted by atomic mass is 32.2.